The van der Waals surface area contributed by atoms with Gasteiger partial charge in [0.15, 0.2) is 0 Å². The van der Waals surface area contributed by atoms with Gasteiger partial charge in [0.1, 0.15) is 0 Å². The van der Waals surface area contributed by atoms with E-state index in [1.165, 1.54) is 6.42 Å². The Morgan fingerprint density at radius 2 is 2.07 bits per heavy atom. The number of carbonyl (C=O) groups is 1. The molecule has 0 aliphatic carbocycles. The van der Waals surface area contributed by atoms with Crippen LogP contribution in [0.5, 0.6) is 0 Å². The highest BCUT2D eigenvalue weighted by Crippen LogP contribution is 2.17. The van der Waals surface area contributed by atoms with Crippen molar-refractivity contribution in [3.05, 3.63) is 0 Å². The quantitative estimate of drug-likeness (QED) is 0.741. The maximum Gasteiger partial charge on any atom is 0.239 e. The number of carbonyl (C=O) groups excluding carboxylic acids is 1. The van der Waals surface area contributed by atoms with Gasteiger partial charge in [-0.05, 0) is 32.1 Å². The first-order valence-corrected chi connectivity index (χ1v) is 5.58. The lowest BCUT2D eigenvalue weighted by Crippen LogP contribution is -2.39. The molecule has 2 atom stereocenters. The van der Waals surface area contributed by atoms with E-state index in [1.54, 1.807) is 0 Å². The third kappa shape index (κ3) is 2.71. The van der Waals surface area contributed by atoms with Crippen LogP contribution in [-0.4, -0.2) is 29.4 Å². The Morgan fingerprint density at radius 3 is 2.50 bits per heavy atom. The highest BCUT2D eigenvalue weighted by atomic mass is 16.2. The Labute approximate surface area is 86.6 Å². The minimum Gasteiger partial charge on any atom is -0.339 e. The molecule has 0 spiro atoms. The molecule has 1 heterocycles. The monoisotopic (exact) mass is 198 g/mol. The van der Waals surface area contributed by atoms with Gasteiger partial charge in [0.2, 0.25) is 5.91 Å². The van der Waals surface area contributed by atoms with E-state index >= 15 is 0 Å². The van der Waals surface area contributed by atoms with Crippen LogP contribution in [0.25, 0.3) is 0 Å². The number of hydrogen-bond acceptors (Lipinski definition) is 2. The molecule has 1 amide bonds. The SMILES string of the molecule is CC(C)CCC(C)N1CCC(N)C1=O. The van der Waals surface area contributed by atoms with E-state index in [2.05, 4.69) is 20.8 Å². The summed E-state index contributed by atoms with van der Waals surface area (Å²) in [6.45, 7) is 7.39. The first kappa shape index (κ1) is 11.5. The van der Waals surface area contributed by atoms with E-state index in [-0.39, 0.29) is 11.9 Å². The summed E-state index contributed by atoms with van der Waals surface area (Å²) in [4.78, 5) is 13.5. The fraction of sp³-hybridized carbons (Fsp3) is 0.909. The van der Waals surface area contributed by atoms with Crippen LogP contribution in [0.15, 0.2) is 0 Å². The molecular formula is C11H22N2O. The van der Waals surface area contributed by atoms with E-state index in [0.717, 1.165) is 19.4 Å². The number of hydrogen-bond donors (Lipinski definition) is 1. The second-order valence-corrected chi connectivity index (χ2v) is 4.75. The second-order valence-electron chi connectivity index (χ2n) is 4.75. The van der Waals surface area contributed by atoms with Crippen molar-refractivity contribution in [2.24, 2.45) is 11.7 Å². The number of nitrogens with zero attached hydrogens (tertiary/aromatic N) is 1. The Kier molecular flexibility index (Phi) is 3.93. The van der Waals surface area contributed by atoms with Crippen molar-refractivity contribution >= 4 is 5.91 Å². The van der Waals surface area contributed by atoms with Crippen molar-refractivity contribution < 1.29 is 4.79 Å². The molecule has 1 aliphatic rings. The number of nitrogens with two attached hydrogens (primary N) is 1. The van der Waals surface area contributed by atoms with Crippen LogP contribution in [0, 0.1) is 5.92 Å². The van der Waals surface area contributed by atoms with Gasteiger partial charge in [-0.2, -0.15) is 0 Å². The summed E-state index contributed by atoms with van der Waals surface area (Å²) in [5, 5.41) is 0. The van der Waals surface area contributed by atoms with Gasteiger partial charge in [-0.25, -0.2) is 0 Å². The maximum absolute atomic E-state index is 11.6. The molecule has 0 aromatic rings. The normalized spacial score (nSPS) is 24.8. The molecule has 1 rings (SSSR count). The Bertz CT molecular complexity index is 203. The fourth-order valence-corrected chi connectivity index (χ4v) is 1.89. The molecule has 1 aliphatic heterocycles. The minimum atomic E-state index is -0.239. The van der Waals surface area contributed by atoms with Crippen molar-refractivity contribution in [3.63, 3.8) is 0 Å². The largest absolute Gasteiger partial charge is 0.339 e. The average Bonchev–Trinajstić information content (AvgIpc) is 2.44. The van der Waals surface area contributed by atoms with Gasteiger partial charge in [-0.1, -0.05) is 13.8 Å². The molecule has 0 radical (unpaired) electrons. The van der Waals surface area contributed by atoms with Gasteiger partial charge >= 0.3 is 0 Å². The third-order valence-electron chi connectivity index (χ3n) is 2.98. The highest BCUT2D eigenvalue weighted by molar-refractivity contribution is 5.83. The summed E-state index contributed by atoms with van der Waals surface area (Å²) in [6, 6.07) is 0.120. The van der Waals surface area contributed by atoms with E-state index in [4.69, 9.17) is 5.73 Å². The molecule has 1 fully saturated rings. The molecule has 0 aromatic carbocycles. The molecule has 0 bridgehead atoms. The zero-order valence-electron chi connectivity index (χ0n) is 9.49. The minimum absolute atomic E-state index is 0.140. The van der Waals surface area contributed by atoms with Crippen LogP contribution in [0.4, 0.5) is 0 Å². The molecule has 1 saturated heterocycles. The van der Waals surface area contributed by atoms with Gasteiger partial charge in [0.05, 0.1) is 6.04 Å². The second kappa shape index (κ2) is 4.78. The van der Waals surface area contributed by atoms with Crippen LogP contribution >= 0.6 is 0 Å². The Hall–Kier alpha value is -0.570. The summed E-state index contributed by atoms with van der Waals surface area (Å²) >= 11 is 0. The molecule has 3 heteroatoms. The summed E-state index contributed by atoms with van der Waals surface area (Å²) < 4.78 is 0. The number of rotatable bonds is 4. The average molecular weight is 198 g/mol. The van der Waals surface area contributed by atoms with Gasteiger partial charge < -0.3 is 10.6 Å². The van der Waals surface area contributed by atoms with Gasteiger partial charge in [-0.15, -0.1) is 0 Å². The predicted molar refractivity (Wildman–Crippen MR) is 57.8 cm³/mol. The number of amides is 1. The summed E-state index contributed by atoms with van der Waals surface area (Å²) in [6.07, 6.45) is 3.10. The molecule has 2 unspecified atom stereocenters. The summed E-state index contributed by atoms with van der Waals surface area (Å²) in [7, 11) is 0. The van der Waals surface area contributed by atoms with Crippen LogP contribution in [-0.2, 0) is 4.79 Å². The van der Waals surface area contributed by atoms with Gasteiger partial charge in [0.25, 0.3) is 0 Å². The topological polar surface area (TPSA) is 46.3 Å². The van der Waals surface area contributed by atoms with Crippen molar-refractivity contribution in [1.29, 1.82) is 0 Å². The summed E-state index contributed by atoms with van der Waals surface area (Å²) in [5.74, 6) is 0.852. The standard InChI is InChI=1S/C11H22N2O/c1-8(2)4-5-9(3)13-7-6-10(12)11(13)14/h8-10H,4-7,12H2,1-3H3. The molecule has 0 aromatic heterocycles. The van der Waals surface area contributed by atoms with Crippen molar-refractivity contribution in [2.75, 3.05) is 6.54 Å². The lowest BCUT2D eigenvalue weighted by Gasteiger charge is -2.25. The van der Waals surface area contributed by atoms with Crippen LogP contribution < -0.4 is 5.73 Å². The first-order valence-electron chi connectivity index (χ1n) is 5.58. The first-order chi connectivity index (χ1) is 6.52. The number of likely N-dealkylation sites (tertiary alicyclic amines) is 1. The Morgan fingerprint density at radius 1 is 1.43 bits per heavy atom. The van der Waals surface area contributed by atoms with E-state index in [1.807, 2.05) is 4.90 Å². The lowest BCUT2D eigenvalue weighted by atomic mass is 10.0. The van der Waals surface area contributed by atoms with Gasteiger partial charge in [0, 0.05) is 12.6 Å². The zero-order chi connectivity index (χ0) is 10.7. The molecule has 2 N–H and O–H groups in total. The molecule has 0 saturated carbocycles. The summed E-state index contributed by atoms with van der Waals surface area (Å²) in [5.41, 5.74) is 5.67. The van der Waals surface area contributed by atoms with Crippen molar-refractivity contribution in [2.45, 2.75) is 52.1 Å². The van der Waals surface area contributed by atoms with Crippen LogP contribution in [0.2, 0.25) is 0 Å². The molecular weight excluding hydrogens is 176 g/mol. The van der Waals surface area contributed by atoms with E-state index < -0.39 is 0 Å². The van der Waals surface area contributed by atoms with E-state index in [0.29, 0.717) is 12.0 Å². The predicted octanol–water partition coefficient (Wildman–Crippen LogP) is 1.37. The fourth-order valence-electron chi connectivity index (χ4n) is 1.89. The Balaban J connectivity index is 2.37. The van der Waals surface area contributed by atoms with E-state index in [9.17, 15) is 4.79 Å². The smallest absolute Gasteiger partial charge is 0.239 e. The third-order valence-corrected chi connectivity index (χ3v) is 2.98. The molecule has 14 heavy (non-hydrogen) atoms. The van der Waals surface area contributed by atoms with Gasteiger partial charge in [-0.3, -0.25) is 4.79 Å². The highest BCUT2D eigenvalue weighted by Gasteiger charge is 2.31. The molecule has 3 nitrogen and oxygen atoms in total. The zero-order valence-corrected chi connectivity index (χ0v) is 9.49. The lowest BCUT2D eigenvalue weighted by molar-refractivity contribution is -0.130. The van der Waals surface area contributed by atoms with Crippen molar-refractivity contribution in [1.82, 2.24) is 4.90 Å². The molecule has 82 valence electrons. The van der Waals surface area contributed by atoms with Crippen LogP contribution in [0.3, 0.4) is 0 Å². The van der Waals surface area contributed by atoms with Crippen LogP contribution in [0.1, 0.15) is 40.0 Å². The maximum atomic E-state index is 11.6. The van der Waals surface area contributed by atoms with Crippen molar-refractivity contribution in [3.8, 4) is 0 Å².